The second kappa shape index (κ2) is 10.8. The molecule has 8 heteroatoms. The molecule has 0 spiro atoms. The van der Waals surface area contributed by atoms with Gasteiger partial charge in [-0.15, -0.1) is 0 Å². The molecule has 0 unspecified atom stereocenters. The molecular weight excluding hydrogens is 376 g/mol. The highest BCUT2D eigenvalue weighted by molar-refractivity contribution is 6.27. The molecule has 2 N–H and O–H groups in total. The molecule has 1 aliphatic rings. The predicted octanol–water partition coefficient (Wildman–Crippen LogP) is 1.81. The Hall–Kier alpha value is -3.39. The summed E-state index contributed by atoms with van der Waals surface area (Å²) in [5, 5.41) is 14.8. The SMILES string of the molecule is COc1cccc(C(=O)N2CCN(Cc3ccccc3)CC2)c1.O=C(O)C(=O)O. The van der Waals surface area contributed by atoms with Crippen molar-refractivity contribution in [1.82, 2.24) is 9.80 Å². The van der Waals surface area contributed by atoms with E-state index in [1.54, 1.807) is 13.2 Å². The molecule has 1 heterocycles. The number of carboxylic acids is 2. The Bertz CT molecular complexity index is 820. The predicted molar refractivity (Wildman–Crippen MR) is 106 cm³/mol. The summed E-state index contributed by atoms with van der Waals surface area (Å²) in [6.07, 6.45) is 0. The number of hydrogen-bond donors (Lipinski definition) is 2. The van der Waals surface area contributed by atoms with Crippen molar-refractivity contribution >= 4 is 17.8 Å². The number of ether oxygens (including phenoxy) is 1. The molecule has 0 saturated carbocycles. The average molecular weight is 400 g/mol. The first kappa shape index (κ1) is 21.9. The maximum absolute atomic E-state index is 12.6. The van der Waals surface area contributed by atoms with Crippen LogP contribution in [-0.2, 0) is 16.1 Å². The second-order valence-electron chi connectivity index (χ2n) is 6.40. The zero-order valence-corrected chi connectivity index (χ0v) is 16.2. The normalized spacial score (nSPS) is 13.8. The van der Waals surface area contributed by atoms with Gasteiger partial charge in [-0.1, -0.05) is 36.4 Å². The topological polar surface area (TPSA) is 107 Å². The van der Waals surface area contributed by atoms with Crippen molar-refractivity contribution < 1.29 is 29.3 Å². The van der Waals surface area contributed by atoms with Gasteiger partial charge in [0.1, 0.15) is 5.75 Å². The van der Waals surface area contributed by atoms with Gasteiger partial charge in [0.05, 0.1) is 7.11 Å². The molecule has 1 aliphatic heterocycles. The number of benzene rings is 2. The van der Waals surface area contributed by atoms with E-state index in [0.29, 0.717) is 5.56 Å². The van der Waals surface area contributed by atoms with Crippen LogP contribution in [0, 0.1) is 0 Å². The number of amides is 1. The zero-order valence-electron chi connectivity index (χ0n) is 16.2. The van der Waals surface area contributed by atoms with Crippen LogP contribution in [0.15, 0.2) is 54.6 Å². The van der Waals surface area contributed by atoms with Crippen molar-refractivity contribution in [3.63, 3.8) is 0 Å². The first-order valence-corrected chi connectivity index (χ1v) is 9.06. The van der Waals surface area contributed by atoms with E-state index >= 15 is 0 Å². The van der Waals surface area contributed by atoms with Crippen LogP contribution in [0.3, 0.4) is 0 Å². The van der Waals surface area contributed by atoms with Crippen LogP contribution < -0.4 is 4.74 Å². The number of carboxylic acid groups (broad SMARTS) is 2. The van der Waals surface area contributed by atoms with Crippen molar-refractivity contribution in [2.45, 2.75) is 6.54 Å². The molecule has 0 atom stereocenters. The fraction of sp³-hybridized carbons (Fsp3) is 0.286. The van der Waals surface area contributed by atoms with Gasteiger partial charge in [-0.05, 0) is 23.8 Å². The average Bonchev–Trinajstić information content (AvgIpc) is 2.75. The number of aliphatic carboxylic acids is 2. The number of hydrogen-bond acceptors (Lipinski definition) is 5. The molecule has 0 radical (unpaired) electrons. The van der Waals surface area contributed by atoms with Crippen LogP contribution in [0.5, 0.6) is 5.75 Å². The van der Waals surface area contributed by atoms with E-state index in [2.05, 4.69) is 29.2 Å². The van der Waals surface area contributed by atoms with Crippen LogP contribution in [0.4, 0.5) is 0 Å². The van der Waals surface area contributed by atoms with Crippen LogP contribution in [0.1, 0.15) is 15.9 Å². The summed E-state index contributed by atoms with van der Waals surface area (Å²) in [4.78, 5) is 35.1. The Morgan fingerprint density at radius 3 is 2.07 bits per heavy atom. The first-order chi connectivity index (χ1) is 13.9. The summed E-state index contributed by atoms with van der Waals surface area (Å²) < 4.78 is 5.20. The Morgan fingerprint density at radius 1 is 0.897 bits per heavy atom. The van der Waals surface area contributed by atoms with Crippen LogP contribution in [-0.4, -0.2) is 71.1 Å². The van der Waals surface area contributed by atoms with Gasteiger partial charge in [0.15, 0.2) is 0 Å². The van der Waals surface area contributed by atoms with E-state index in [-0.39, 0.29) is 5.91 Å². The van der Waals surface area contributed by atoms with Crippen molar-refractivity contribution in [2.75, 3.05) is 33.3 Å². The summed E-state index contributed by atoms with van der Waals surface area (Å²) in [5.74, 6) is -2.84. The van der Waals surface area contributed by atoms with Gasteiger partial charge in [0, 0.05) is 38.3 Å². The van der Waals surface area contributed by atoms with E-state index in [1.807, 2.05) is 29.2 Å². The molecule has 0 aromatic heterocycles. The fourth-order valence-corrected chi connectivity index (χ4v) is 2.89. The minimum Gasteiger partial charge on any atom is -0.497 e. The Kier molecular flexibility index (Phi) is 8.17. The molecule has 8 nitrogen and oxygen atoms in total. The molecule has 2 aromatic rings. The van der Waals surface area contributed by atoms with Crippen molar-refractivity contribution in [1.29, 1.82) is 0 Å². The highest BCUT2D eigenvalue weighted by atomic mass is 16.5. The largest absolute Gasteiger partial charge is 0.497 e. The smallest absolute Gasteiger partial charge is 0.414 e. The van der Waals surface area contributed by atoms with E-state index in [0.717, 1.165) is 38.5 Å². The van der Waals surface area contributed by atoms with E-state index in [9.17, 15) is 4.79 Å². The zero-order chi connectivity index (χ0) is 21.2. The third-order valence-electron chi connectivity index (χ3n) is 4.41. The van der Waals surface area contributed by atoms with Crippen LogP contribution in [0.2, 0.25) is 0 Å². The third-order valence-corrected chi connectivity index (χ3v) is 4.41. The van der Waals surface area contributed by atoms with Crippen molar-refractivity contribution in [3.8, 4) is 5.75 Å². The summed E-state index contributed by atoms with van der Waals surface area (Å²) in [5.41, 5.74) is 2.01. The molecule has 1 amide bonds. The summed E-state index contributed by atoms with van der Waals surface area (Å²) >= 11 is 0. The van der Waals surface area contributed by atoms with Crippen LogP contribution in [0.25, 0.3) is 0 Å². The van der Waals surface area contributed by atoms with Gasteiger partial charge in [-0.25, -0.2) is 9.59 Å². The summed E-state index contributed by atoms with van der Waals surface area (Å²) in [6.45, 7) is 4.29. The molecule has 1 fully saturated rings. The lowest BCUT2D eigenvalue weighted by molar-refractivity contribution is -0.159. The number of nitrogens with zero attached hydrogens (tertiary/aromatic N) is 2. The minimum atomic E-state index is -1.82. The van der Waals surface area contributed by atoms with Gasteiger partial charge in [-0.2, -0.15) is 0 Å². The molecule has 3 rings (SSSR count). The van der Waals surface area contributed by atoms with Gasteiger partial charge in [0.2, 0.25) is 0 Å². The Labute approximate surface area is 168 Å². The highest BCUT2D eigenvalue weighted by Crippen LogP contribution is 2.16. The number of carbonyl (C=O) groups is 3. The standard InChI is InChI=1S/C19H22N2O2.C2H2O4/c1-23-18-9-5-8-17(14-18)19(22)21-12-10-20(11-13-21)15-16-6-3-2-4-7-16;3-1(4)2(5)6/h2-9,14H,10-13,15H2,1H3;(H,3,4)(H,5,6). The maximum atomic E-state index is 12.6. The lowest BCUT2D eigenvalue weighted by Gasteiger charge is -2.34. The molecule has 154 valence electrons. The van der Waals surface area contributed by atoms with E-state index in [1.165, 1.54) is 5.56 Å². The lowest BCUT2D eigenvalue weighted by Crippen LogP contribution is -2.48. The summed E-state index contributed by atoms with van der Waals surface area (Å²) in [7, 11) is 1.62. The highest BCUT2D eigenvalue weighted by Gasteiger charge is 2.22. The monoisotopic (exact) mass is 400 g/mol. The van der Waals surface area contributed by atoms with Gasteiger partial charge in [0.25, 0.3) is 5.91 Å². The lowest BCUT2D eigenvalue weighted by atomic mass is 10.1. The van der Waals surface area contributed by atoms with Crippen molar-refractivity contribution in [3.05, 3.63) is 65.7 Å². The molecule has 1 saturated heterocycles. The number of rotatable bonds is 4. The molecule has 0 bridgehead atoms. The van der Waals surface area contributed by atoms with E-state index in [4.69, 9.17) is 24.5 Å². The maximum Gasteiger partial charge on any atom is 0.414 e. The number of carbonyl (C=O) groups excluding carboxylic acids is 1. The van der Waals surface area contributed by atoms with E-state index < -0.39 is 11.9 Å². The van der Waals surface area contributed by atoms with Gasteiger partial charge in [-0.3, -0.25) is 9.69 Å². The number of piperazine rings is 1. The molecular formula is C21H24N2O6. The van der Waals surface area contributed by atoms with Gasteiger partial charge < -0.3 is 19.8 Å². The second-order valence-corrected chi connectivity index (χ2v) is 6.40. The molecule has 29 heavy (non-hydrogen) atoms. The first-order valence-electron chi connectivity index (χ1n) is 9.06. The summed E-state index contributed by atoms with van der Waals surface area (Å²) in [6, 6.07) is 17.8. The fourth-order valence-electron chi connectivity index (χ4n) is 2.89. The minimum absolute atomic E-state index is 0.0864. The third kappa shape index (κ3) is 6.93. The van der Waals surface area contributed by atoms with Gasteiger partial charge >= 0.3 is 11.9 Å². The number of methoxy groups -OCH3 is 1. The van der Waals surface area contributed by atoms with Crippen LogP contribution >= 0.6 is 0 Å². The quantitative estimate of drug-likeness (QED) is 0.754. The molecule has 0 aliphatic carbocycles. The Morgan fingerprint density at radius 2 is 1.52 bits per heavy atom. The van der Waals surface area contributed by atoms with Crippen molar-refractivity contribution in [2.24, 2.45) is 0 Å². The molecule has 2 aromatic carbocycles. The Balaban J connectivity index is 0.000000438.